The van der Waals surface area contributed by atoms with E-state index >= 15 is 0 Å². The van der Waals surface area contributed by atoms with Crippen LogP contribution in [0.5, 0.6) is 0 Å². The molecule has 0 saturated carbocycles. The Labute approximate surface area is 113 Å². The normalized spacial score (nSPS) is 9.89. The van der Waals surface area contributed by atoms with Crippen LogP contribution in [0.2, 0.25) is 0 Å². The van der Waals surface area contributed by atoms with Gasteiger partial charge in [0.25, 0.3) is 0 Å². The van der Waals surface area contributed by atoms with Crippen LogP contribution in [-0.2, 0) is 6.54 Å². The summed E-state index contributed by atoms with van der Waals surface area (Å²) in [7, 11) is 0. The van der Waals surface area contributed by atoms with Crippen molar-refractivity contribution in [1.82, 2.24) is 4.98 Å². The van der Waals surface area contributed by atoms with Gasteiger partial charge in [-0.1, -0.05) is 18.2 Å². The predicted octanol–water partition coefficient (Wildman–Crippen LogP) is 2.56. The first-order chi connectivity index (χ1) is 9.24. The summed E-state index contributed by atoms with van der Waals surface area (Å²) in [6.45, 7) is 3.66. The first-order valence-electron chi connectivity index (χ1n) is 6.19. The summed E-state index contributed by atoms with van der Waals surface area (Å²) >= 11 is 0. The number of anilines is 2. The lowest BCUT2D eigenvalue weighted by molar-refractivity contribution is 0.830. The standard InChI is InChI=1S/C15H16N4/c1-2-19(11-12-5-3-4-6-15(12)17)14-8-7-13(9-16)18-10-14/h3-8,10H,2,11,17H2,1H3. The SMILES string of the molecule is CCN(Cc1ccccc1N)c1ccc(C#N)nc1. The van der Waals surface area contributed by atoms with Gasteiger partial charge >= 0.3 is 0 Å². The third-order valence-electron chi connectivity index (χ3n) is 3.03. The molecule has 0 unspecified atom stereocenters. The average molecular weight is 252 g/mol. The number of aromatic nitrogens is 1. The van der Waals surface area contributed by atoms with Crippen molar-refractivity contribution < 1.29 is 0 Å². The van der Waals surface area contributed by atoms with Crippen molar-refractivity contribution in [3.63, 3.8) is 0 Å². The van der Waals surface area contributed by atoms with Gasteiger partial charge in [-0.15, -0.1) is 0 Å². The molecule has 0 saturated heterocycles. The lowest BCUT2D eigenvalue weighted by atomic mass is 10.1. The minimum absolute atomic E-state index is 0.430. The third-order valence-corrected chi connectivity index (χ3v) is 3.03. The first-order valence-corrected chi connectivity index (χ1v) is 6.19. The second-order valence-electron chi connectivity index (χ2n) is 4.23. The Bertz CT molecular complexity index is 584. The molecule has 0 aliphatic rings. The minimum atomic E-state index is 0.430. The Balaban J connectivity index is 2.20. The van der Waals surface area contributed by atoms with E-state index < -0.39 is 0 Å². The summed E-state index contributed by atoms with van der Waals surface area (Å²) in [4.78, 5) is 6.26. The molecule has 2 aromatic rings. The highest BCUT2D eigenvalue weighted by Gasteiger charge is 2.07. The highest BCUT2D eigenvalue weighted by atomic mass is 15.1. The van der Waals surface area contributed by atoms with E-state index in [1.807, 2.05) is 36.4 Å². The van der Waals surface area contributed by atoms with E-state index in [9.17, 15) is 0 Å². The Morgan fingerprint density at radius 3 is 2.63 bits per heavy atom. The lowest BCUT2D eigenvalue weighted by Crippen LogP contribution is -2.22. The number of hydrogen-bond acceptors (Lipinski definition) is 4. The van der Waals surface area contributed by atoms with Crippen molar-refractivity contribution in [2.75, 3.05) is 17.2 Å². The van der Waals surface area contributed by atoms with Gasteiger partial charge < -0.3 is 10.6 Å². The van der Waals surface area contributed by atoms with Crippen LogP contribution in [0.4, 0.5) is 11.4 Å². The van der Waals surface area contributed by atoms with Gasteiger partial charge in [-0.2, -0.15) is 5.26 Å². The largest absolute Gasteiger partial charge is 0.398 e. The fourth-order valence-electron chi connectivity index (χ4n) is 1.91. The number of rotatable bonds is 4. The maximum absolute atomic E-state index is 8.75. The Hall–Kier alpha value is -2.54. The number of hydrogen-bond donors (Lipinski definition) is 1. The summed E-state index contributed by atoms with van der Waals surface area (Å²) in [5.41, 5.74) is 9.27. The van der Waals surface area contributed by atoms with Crippen LogP contribution in [0.25, 0.3) is 0 Å². The molecular weight excluding hydrogens is 236 g/mol. The quantitative estimate of drug-likeness (QED) is 0.849. The van der Waals surface area contributed by atoms with Gasteiger partial charge in [0.1, 0.15) is 11.8 Å². The number of para-hydroxylation sites is 1. The number of nitrogen functional groups attached to an aromatic ring is 1. The number of pyridine rings is 1. The Kier molecular flexibility index (Phi) is 3.99. The van der Waals surface area contributed by atoms with Gasteiger partial charge in [0.05, 0.1) is 11.9 Å². The average Bonchev–Trinajstić information content (AvgIpc) is 2.47. The monoisotopic (exact) mass is 252 g/mol. The van der Waals surface area contributed by atoms with Gasteiger partial charge in [0.15, 0.2) is 0 Å². The van der Waals surface area contributed by atoms with E-state index in [2.05, 4.69) is 16.8 Å². The van der Waals surface area contributed by atoms with Gasteiger partial charge in [0.2, 0.25) is 0 Å². The van der Waals surface area contributed by atoms with Crippen LogP contribution >= 0.6 is 0 Å². The second-order valence-corrected chi connectivity index (χ2v) is 4.23. The van der Waals surface area contributed by atoms with E-state index in [1.54, 1.807) is 12.3 Å². The molecule has 0 amide bonds. The highest BCUT2D eigenvalue weighted by molar-refractivity contribution is 5.51. The van der Waals surface area contributed by atoms with E-state index in [0.717, 1.165) is 30.0 Å². The molecule has 2 rings (SSSR count). The molecule has 0 atom stereocenters. The first kappa shape index (κ1) is 12.9. The van der Waals surface area contributed by atoms with E-state index in [1.165, 1.54) is 0 Å². The molecular formula is C15H16N4. The van der Waals surface area contributed by atoms with Crippen molar-refractivity contribution in [2.24, 2.45) is 0 Å². The lowest BCUT2D eigenvalue weighted by Gasteiger charge is -2.23. The smallest absolute Gasteiger partial charge is 0.140 e. The summed E-state index contributed by atoms with van der Waals surface area (Å²) in [6, 6.07) is 13.5. The predicted molar refractivity (Wildman–Crippen MR) is 76.5 cm³/mol. The zero-order chi connectivity index (χ0) is 13.7. The van der Waals surface area contributed by atoms with Crippen LogP contribution in [0.15, 0.2) is 42.6 Å². The van der Waals surface area contributed by atoms with Gasteiger partial charge in [0, 0.05) is 18.8 Å². The molecule has 0 fully saturated rings. The number of nitriles is 1. The van der Waals surface area contributed by atoms with Gasteiger partial charge in [-0.05, 0) is 30.7 Å². The zero-order valence-corrected chi connectivity index (χ0v) is 10.9. The van der Waals surface area contributed by atoms with Gasteiger partial charge in [-0.3, -0.25) is 0 Å². The Morgan fingerprint density at radius 1 is 1.26 bits per heavy atom. The van der Waals surface area contributed by atoms with Crippen LogP contribution in [0.3, 0.4) is 0 Å². The molecule has 0 radical (unpaired) electrons. The van der Waals surface area contributed by atoms with Crippen molar-refractivity contribution in [3.05, 3.63) is 53.9 Å². The van der Waals surface area contributed by atoms with E-state index in [4.69, 9.17) is 11.0 Å². The van der Waals surface area contributed by atoms with Crippen LogP contribution in [-0.4, -0.2) is 11.5 Å². The fraction of sp³-hybridized carbons (Fsp3) is 0.200. The van der Waals surface area contributed by atoms with Crippen molar-refractivity contribution >= 4 is 11.4 Å². The molecule has 2 N–H and O–H groups in total. The summed E-state index contributed by atoms with van der Waals surface area (Å²) in [5.74, 6) is 0. The molecule has 0 aliphatic heterocycles. The van der Waals surface area contributed by atoms with Gasteiger partial charge in [-0.25, -0.2) is 4.98 Å². The summed E-state index contributed by atoms with van der Waals surface area (Å²) < 4.78 is 0. The van der Waals surface area contributed by atoms with Crippen LogP contribution in [0.1, 0.15) is 18.2 Å². The van der Waals surface area contributed by atoms with Crippen molar-refractivity contribution in [2.45, 2.75) is 13.5 Å². The minimum Gasteiger partial charge on any atom is -0.398 e. The maximum atomic E-state index is 8.75. The summed E-state index contributed by atoms with van der Waals surface area (Å²) in [6.07, 6.45) is 1.72. The van der Waals surface area contributed by atoms with Crippen molar-refractivity contribution in [1.29, 1.82) is 5.26 Å². The highest BCUT2D eigenvalue weighted by Crippen LogP contribution is 2.19. The second kappa shape index (κ2) is 5.87. The molecule has 4 nitrogen and oxygen atoms in total. The van der Waals surface area contributed by atoms with E-state index in [-0.39, 0.29) is 0 Å². The molecule has 96 valence electrons. The number of nitrogens with two attached hydrogens (primary N) is 1. The maximum Gasteiger partial charge on any atom is 0.140 e. The van der Waals surface area contributed by atoms with E-state index in [0.29, 0.717) is 5.69 Å². The van der Waals surface area contributed by atoms with Crippen molar-refractivity contribution in [3.8, 4) is 6.07 Å². The molecule has 1 aromatic heterocycles. The third kappa shape index (κ3) is 3.02. The zero-order valence-electron chi connectivity index (χ0n) is 10.9. The molecule has 1 aromatic carbocycles. The Morgan fingerprint density at radius 2 is 2.05 bits per heavy atom. The topological polar surface area (TPSA) is 65.9 Å². The molecule has 0 bridgehead atoms. The molecule has 4 heteroatoms. The summed E-state index contributed by atoms with van der Waals surface area (Å²) in [5, 5.41) is 8.75. The molecule has 1 heterocycles. The van der Waals surface area contributed by atoms with Crippen LogP contribution in [0, 0.1) is 11.3 Å². The molecule has 0 spiro atoms. The molecule has 0 aliphatic carbocycles. The molecule has 19 heavy (non-hydrogen) atoms. The number of nitrogens with zero attached hydrogens (tertiary/aromatic N) is 3. The van der Waals surface area contributed by atoms with Crippen LogP contribution < -0.4 is 10.6 Å². The fourth-order valence-corrected chi connectivity index (χ4v) is 1.91. The number of benzene rings is 1.